The van der Waals surface area contributed by atoms with Gasteiger partial charge >= 0.3 is 0 Å². The maximum Gasteiger partial charge on any atom is 0.121 e. The third-order valence-corrected chi connectivity index (χ3v) is 5.19. The first kappa shape index (κ1) is 18.7. The van der Waals surface area contributed by atoms with Gasteiger partial charge in [-0.3, -0.25) is 4.90 Å². The Balaban J connectivity index is 1.67. The maximum absolute atomic E-state index is 5.43. The predicted molar refractivity (Wildman–Crippen MR) is 106 cm³/mol. The van der Waals surface area contributed by atoms with Crippen LogP contribution in [0.4, 0.5) is 0 Å². The van der Waals surface area contributed by atoms with Crippen LogP contribution in [0.1, 0.15) is 35.6 Å². The van der Waals surface area contributed by atoms with E-state index < -0.39 is 0 Å². The van der Waals surface area contributed by atoms with Crippen LogP contribution in [-0.2, 0) is 6.54 Å². The van der Waals surface area contributed by atoms with Gasteiger partial charge in [-0.05, 0) is 67.7 Å². The minimum Gasteiger partial charge on any atom is -0.497 e. The molecule has 0 amide bonds. The first-order valence-corrected chi connectivity index (χ1v) is 9.43. The number of hydrogen-bond acceptors (Lipinski definition) is 4. The lowest BCUT2D eigenvalue weighted by molar-refractivity contribution is 0.238. The van der Waals surface area contributed by atoms with Crippen molar-refractivity contribution in [2.24, 2.45) is 0 Å². The highest BCUT2D eigenvalue weighted by Crippen LogP contribution is 2.27. The van der Waals surface area contributed by atoms with E-state index in [2.05, 4.69) is 47.5 Å². The van der Waals surface area contributed by atoms with Gasteiger partial charge in [-0.1, -0.05) is 24.3 Å². The van der Waals surface area contributed by atoms with Crippen LogP contribution in [0.2, 0.25) is 0 Å². The Bertz CT molecular complexity index is 711. The van der Waals surface area contributed by atoms with Crippen molar-refractivity contribution in [2.75, 3.05) is 33.9 Å². The van der Waals surface area contributed by atoms with E-state index in [0.717, 1.165) is 24.6 Å². The molecule has 0 bridgehead atoms. The zero-order valence-corrected chi connectivity index (χ0v) is 16.1. The van der Waals surface area contributed by atoms with Gasteiger partial charge in [0.1, 0.15) is 11.5 Å². The predicted octanol–water partition coefficient (Wildman–Crippen LogP) is 3.94. The molecule has 140 valence electrons. The van der Waals surface area contributed by atoms with Crippen molar-refractivity contribution < 1.29 is 9.47 Å². The fourth-order valence-electron chi connectivity index (χ4n) is 3.76. The molecule has 0 saturated carbocycles. The van der Waals surface area contributed by atoms with Crippen LogP contribution >= 0.6 is 0 Å². The Hall–Kier alpha value is -2.04. The van der Waals surface area contributed by atoms with Gasteiger partial charge in [0, 0.05) is 19.1 Å². The zero-order chi connectivity index (χ0) is 18.4. The van der Waals surface area contributed by atoms with Crippen LogP contribution < -0.4 is 14.8 Å². The van der Waals surface area contributed by atoms with Crippen LogP contribution in [0.15, 0.2) is 42.5 Å². The van der Waals surface area contributed by atoms with E-state index in [9.17, 15) is 0 Å². The molecular weight excluding hydrogens is 324 g/mol. The number of hydrogen-bond donors (Lipinski definition) is 1. The number of rotatable bonds is 8. The highest BCUT2D eigenvalue weighted by atomic mass is 16.5. The molecule has 1 saturated heterocycles. The normalized spacial score (nSPS) is 15.8. The second-order valence-electron chi connectivity index (χ2n) is 6.97. The molecule has 0 aromatic heterocycles. The number of nitrogens with one attached hydrogen (secondary N) is 1. The number of aryl methyl sites for hydroxylation is 1. The second-order valence-corrected chi connectivity index (χ2v) is 6.97. The van der Waals surface area contributed by atoms with Crippen molar-refractivity contribution in [1.29, 1.82) is 0 Å². The summed E-state index contributed by atoms with van der Waals surface area (Å²) in [6, 6.07) is 15.2. The topological polar surface area (TPSA) is 33.7 Å². The molecule has 0 radical (unpaired) electrons. The molecule has 2 aromatic rings. The van der Waals surface area contributed by atoms with Crippen molar-refractivity contribution in [2.45, 2.75) is 32.4 Å². The van der Waals surface area contributed by atoms with Crippen LogP contribution in [-0.4, -0.2) is 38.8 Å². The summed E-state index contributed by atoms with van der Waals surface area (Å²) in [4.78, 5) is 2.58. The summed E-state index contributed by atoms with van der Waals surface area (Å²) < 4.78 is 10.8. The molecule has 2 aromatic carbocycles. The van der Waals surface area contributed by atoms with E-state index in [0.29, 0.717) is 6.04 Å². The summed E-state index contributed by atoms with van der Waals surface area (Å²) in [5.74, 6) is 1.87. The van der Waals surface area contributed by atoms with Gasteiger partial charge in [0.15, 0.2) is 0 Å². The van der Waals surface area contributed by atoms with E-state index in [-0.39, 0.29) is 0 Å². The Morgan fingerprint density at radius 1 is 1.04 bits per heavy atom. The van der Waals surface area contributed by atoms with E-state index in [1.165, 1.54) is 42.6 Å². The zero-order valence-electron chi connectivity index (χ0n) is 16.1. The SMILES string of the molecule is COc1cccc(C(CNCc2ccc(OC)c(C)c2)N2CCCC2)c1. The summed E-state index contributed by atoms with van der Waals surface area (Å²) in [6.07, 6.45) is 2.58. The molecule has 4 heteroatoms. The summed E-state index contributed by atoms with van der Waals surface area (Å²) in [6.45, 7) is 6.22. The van der Waals surface area contributed by atoms with E-state index in [1.54, 1.807) is 14.2 Å². The lowest BCUT2D eigenvalue weighted by atomic mass is 10.0. The van der Waals surface area contributed by atoms with Crippen molar-refractivity contribution in [3.63, 3.8) is 0 Å². The minimum atomic E-state index is 0.381. The molecule has 1 N–H and O–H groups in total. The molecule has 0 aliphatic carbocycles. The summed E-state index contributed by atoms with van der Waals surface area (Å²) in [7, 11) is 3.45. The van der Waals surface area contributed by atoms with Gasteiger partial charge in [-0.2, -0.15) is 0 Å². The lowest BCUT2D eigenvalue weighted by Crippen LogP contribution is -2.34. The molecule has 1 atom stereocenters. The molecule has 1 aliphatic heterocycles. The average Bonchev–Trinajstić information content (AvgIpc) is 3.20. The molecule has 3 rings (SSSR count). The third-order valence-electron chi connectivity index (χ3n) is 5.19. The van der Waals surface area contributed by atoms with Crippen LogP contribution in [0, 0.1) is 6.92 Å². The van der Waals surface area contributed by atoms with Crippen molar-refractivity contribution >= 4 is 0 Å². The van der Waals surface area contributed by atoms with E-state index in [1.807, 2.05) is 12.1 Å². The lowest BCUT2D eigenvalue weighted by Gasteiger charge is -2.28. The largest absolute Gasteiger partial charge is 0.497 e. The third kappa shape index (κ3) is 4.57. The number of nitrogens with zero attached hydrogens (tertiary/aromatic N) is 1. The molecule has 1 heterocycles. The standard InChI is InChI=1S/C22H30N2O2/c1-17-13-18(9-10-22(17)26-3)15-23-16-21(24-11-4-5-12-24)19-7-6-8-20(14-19)25-2/h6-10,13-14,21,23H,4-5,11-12,15-16H2,1-3H3. The molecule has 26 heavy (non-hydrogen) atoms. The van der Waals surface area contributed by atoms with Crippen LogP contribution in [0.25, 0.3) is 0 Å². The van der Waals surface area contributed by atoms with Gasteiger partial charge in [0.05, 0.1) is 14.2 Å². The Labute approximate surface area is 157 Å². The van der Waals surface area contributed by atoms with E-state index >= 15 is 0 Å². The van der Waals surface area contributed by atoms with E-state index in [4.69, 9.17) is 9.47 Å². The summed E-state index contributed by atoms with van der Waals surface area (Å²) >= 11 is 0. The molecule has 1 aliphatic rings. The summed E-state index contributed by atoms with van der Waals surface area (Å²) in [5, 5.41) is 3.66. The van der Waals surface area contributed by atoms with Gasteiger partial charge in [0.25, 0.3) is 0 Å². The minimum absolute atomic E-state index is 0.381. The number of benzene rings is 2. The Morgan fingerprint density at radius 2 is 1.85 bits per heavy atom. The van der Waals surface area contributed by atoms with Crippen molar-refractivity contribution in [1.82, 2.24) is 10.2 Å². The number of methoxy groups -OCH3 is 2. The van der Waals surface area contributed by atoms with Gasteiger partial charge in [-0.15, -0.1) is 0 Å². The monoisotopic (exact) mass is 354 g/mol. The van der Waals surface area contributed by atoms with Crippen molar-refractivity contribution in [3.05, 3.63) is 59.2 Å². The fraction of sp³-hybridized carbons (Fsp3) is 0.455. The summed E-state index contributed by atoms with van der Waals surface area (Å²) in [5.41, 5.74) is 3.79. The number of ether oxygens (including phenoxy) is 2. The molecule has 0 spiro atoms. The van der Waals surface area contributed by atoms with Gasteiger partial charge in [-0.25, -0.2) is 0 Å². The average molecular weight is 354 g/mol. The van der Waals surface area contributed by atoms with Gasteiger partial charge in [0.2, 0.25) is 0 Å². The smallest absolute Gasteiger partial charge is 0.121 e. The second kappa shape index (κ2) is 9.06. The Kier molecular flexibility index (Phi) is 6.53. The molecule has 1 unspecified atom stereocenters. The van der Waals surface area contributed by atoms with Crippen molar-refractivity contribution in [3.8, 4) is 11.5 Å². The number of likely N-dealkylation sites (tertiary alicyclic amines) is 1. The van der Waals surface area contributed by atoms with Crippen LogP contribution in [0.5, 0.6) is 11.5 Å². The molecular formula is C22H30N2O2. The fourth-order valence-corrected chi connectivity index (χ4v) is 3.76. The van der Waals surface area contributed by atoms with Crippen LogP contribution in [0.3, 0.4) is 0 Å². The molecule has 1 fully saturated rings. The first-order chi connectivity index (χ1) is 12.7. The quantitative estimate of drug-likeness (QED) is 0.778. The highest BCUT2D eigenvalue weighted by Gasteiger charge is 2.23. The maximum atomic E-state index is 5.43. The molecule has 4 nitrogen and oxygen atoms in total. The van der Waals surface area contributed by atoms with Gasteiger partial charge < -0.3 is 14.8 Å². The Morgan fingerprint density at radius 3 is 2.54 bits per heavy atom. The highest BCUT2D eigenvalue weighted by molar-refractivity contribution is 5.36. The first-order valence-electron chi connectivity index (χ1n) is 9.43.